The maximum Gasteiger partial charge on any atom is 0.348 e. The molecule has 0 spiro atoms. The fourth-order valence-corrected chi connectivity index (χ4v) is 1.77. The van der Waals surface area contributed by atoms with Gasteiger partial charge in [-0.25, -0.2) is 0 Å². The average molecular weight is 233 g/mol. The first-order chi connectivity index (χ1) is 8.24. The first-order valence-corrected chi connectivity index (χ1v) is 5.14. The van der Waals surface area contributed by atoms with Crippen molar-refractivity contribution in [3.05, 3.63) is 52.0 Å². The van der Waals surface area contributed by atoms with Crippen LogP contribution in [0.25, 0.3) is 0 Å². The minimum absolute atomic E-state index is 0.260. The van der Waals surface area contributed by atoms with Gasteiger partial charge in [0.25, 0.3) is 0 Å². The van der Waals surface area contributed by atoms with Crippen LogP contribution in [0.2, 0.25) is 0 Å². The predicted molar refractivity (Wildman–Crippen MR) is 61.9 cm³/mol. The number of rotatable bonds is 3. The Balaban J connectivity index is 2.42. The largest absolute Gasteiger partial charge is 0.364 e. The van der Waals surface area contributed by atoms with E-state index in [9.17, 15) is 14.9 Å². The molecule has 1 fully saturated rings. The molecular formula is C11H11N3O3. The monoisotopic (exact) mass is 233 g/mol. The Hall–Kier alpha value is -2.37. The Morgan fingerprint density at radius 2 is 2.12 bits per heavy atom. The van der Waals surface area contributed by atoms with E-state index in [1.54, 1.807) is 4.90 Å². The van der Waals surface area contributed by atoms with E-state index in [0.29, 0.717) is 13.1 Å². The summed E-state index contributed by atoms with van der Waals surface area (Å²) in [6.45, 7) is 1.18. The molecule has 17 heavy (non-hydrogen) atoms. The van der Waals surface area contributed by atoms with Crippen LogP contribution in [0.1, 0.15) is 0 Å². The molecule has 0 bridgehead atoms. The van der Waals surface area contributed by atoms with E-state index >= 15 is 0 Å². The highest BCUT2D eigenvalue weighted by Crippen LogP contribution is 2.21. The van der Waals surface area contributed by atoms with Gasteiger partial charge >= 0.3 is 5.70 Å². The molecule has 6 nitrogen and oxygen atoms in total. The van der Waals surface area contributed by atoms with Crippen LogP contribution in [0.5, 0.6) is 0 Å². The number of hydrogen-bond acceptors (Lipinski definition) is 5. The van der Waals surface area contributed by atoms with Crippen molar-refractivity contribution < 1.29 is 9.72 Å². The van der Waals surface area contributed by atoms with E-state index in [1.807, 2.05) is 30.3 Å². The Morgan fingerprint density at radius 1 is 1.41 bits per heavy atom. The molecule has 1 aliphatic rings. The molecule has 0 amide bonds. The maximum atomic E-state index is 10.7. The lowest BCUT2D eigenvalue weighted by atomic mass is 10.3. The van der Waals surface area contributed by atoms with Gasteiger partial charge in [0.1, 0.15) is 0 Å². The van der Waals surface area contributed by atoms with Gasteiger partial charge in [0.15, 0.2) is 5.82 Å². The van der Waals surface area contributed by atoms with Crippen LogP contribution in [0.15, 0.2) is 41.8 Å². The summed E-state index contributed by atoms with van der Waals surface area (Å²) in [6, 6.07) is 9.24. The molecule has 88 valence electrons. The third-order valence-electron chi connectivity index (χ3n) is 2.52. The molecular weight excluding hydrogens is 222 g/mol. The second-order valence-electron chi connectivity index (χ2n) is 3.52. The number of aldehydes is 1. The number of nitrogens with zero attached hydrogens (tertiary/aromatic N) is 2. The van der Waals surface area contributed by atoms with E-state index in [4.69, 9.17) is 0 Å². The first kappa shape index (κ1) is 11.1. The molecule has 0 aliphatic carbocycles. The second-order valence-corrected chi connectivity index (χ2v) is 3.52. The van der Waals surface area contributed by atoms with Gasteiger partial charge in [0, 0.05) is 18.8 Å². The highest BCUT2D eigenvalue weighted by Gasteiger charge is 2.28. The number of nitrogens with one attached hydrogen (secondary N) is 1. The van der Waals surface area contributed by atoms with Crippen LogP contribution in [-0.2, 0) is 4.79 Å². The lowest BCUT2D eigenvalue weighted by Crippen LogP contribution is -2.24. The average Bonchev–Trinajstić information content (AvgIpc) is 2.80. The number of carbonyl (C=O) groups is 1. The number of benzene rings is 1. The molecule has 1 heterocycles. The van der Waals surface area contributed by atoms with Crippen LogP contribution in [-0.4, -0.2) is 24.3 Å². The van der Waals surface area contributed by atoms with Crippen molar-refractivity contribution in [2.24, 2.45) is 0 Å². The van der Waals surface area contributed by atoms with Crippen LogP contribution in [0.3, 0.4) is 0 Å². The molecule has 1 saturated heterocycles. The van der Waals surface area contributed by atoms with Gasteiger partial charge in [-0.15, -0.1) is 0 Å². The van der Waals surface area contributed by atoms with Gasteiger partial charge in [-0.3, -0.25) is 14.9 Å². The van der Waals surface area contributed by atoms with E-state index in [0.717, 1.165) is 5.69 Å². The fraction of sp³-hybridized carbons (Fsp3) is 0.182. The zero-order valence-corrected chi connectivity index (χ0v) is 9.00. The van der Waals surface area contributed by atoms with Crippen molar-refractivity contribution >= 4 is 12.0 Å². The summed E-state index contributed by atoms with van der Waals surface area (Å²) in [6.07, 6.45) is 0.267. The normalized spacial score (nSPS) is 17.5. The standard InChI is InChI=1S/C11H11N3O3/c15-8-10(14(16)17)11-12-6-7-13(11)9-4-2-1-3-5-9/h1-5,8,12H,6-7H2/b11-10-. The van der Waals surface area contributed by atoms with Crippen LogP contribution in [0.4, 0.5) is 5.69 Å². The van der Waals surface area contributed by atoms with Crippen molar-refractivity contribution in [1.29, 1.82) is 0 Å². The summed E-state index contributed by atoms with van der Waals surface area (Å²) < 4.78 is 0. The van der Waals surface area contributed by atoms with E-state index in [2.05, 4.69) is 5.32 Å². The molecule has 0 aromatic heterocycles. The number of carbonyl (C=O) groups excluding carboxylic acids is 1. The molecule has 0 unspecified atom stereocenters. The smallest absolute Gasteiger partial charge is 0.348 e. The second kappa shape index (κ2) is 4.65. The van der Waals surface area contributed by atoms with Gasteiger partial charge < -0.3 is 10.2 Å². The van der Waals surface area contributed by atoms with Crippen molar-refractivity contribution in [3.8, 4) is 0 Å². The summed E-state index contributed by atoms with van der Waals surface area (Å²) in [5, 5.41) is 13.6. The number of hydrogen-bond donors (Lipinski definition) is 1. The van der Waals surface area contributed by atoms with E-state index in [-0.39, 0.29) is 12.1 Å². The number of allylic oxidation sites excluding steroid dienone is 1. The molecule has 2 rings (SSSR count). The Kier molecular flexibility index (Phi) is 3.04. The number of anilines is 1. The van der Waals surface area contributed by atoms with Crippen molar-refractivity contribution in [3.63, 3.8) is 0 Å². The minimum Gasteiger partial charge on any atom is -0.364 e. The van der Waals surface area contributed by atoms with Crippen molar-refractivity contribution in [1.82, 2.24) is 5.32 Å². The number of nitro groups is 1. The van der Waals surface area contributed by atoms with Crippen molar-refractivity contribution in [2.45, 2.75) is 0 Å². The Morgan fingerprint density at radius 3 is 2.71 bits per heavy atom. The molecule has 1 aromatic rings. The summed E-state index contributed by atoms with van der Waals surface area (Å²) in [5.41, 5.74) is 0.389. The zero-order valence-electron chi connectivity index (χ0n) is 9.00. The number of para-hydroxylation sites is 1. The summed E-state index contributed by atoms with van der Waals surface area (Å²) in [5.74, 6) is 0.260. The van der Waals surface area contributed by atoms with Gasteiger partial charge in [-0.05, 0) is 12.1 Å². The highest BCUT2D eigenvalue weighted by molar-refractivity contribution is 5.73. The van der Waals surface area contributed by atoms with Gasteiger partial charge in [0.2, 0.25) is 6.29 Å². The Bertz CT molecular complexity index is 470. The molecule has 1 aromatic carbocycles. The first-order valence-electron chi connectivity index (χ1n) is 5.14. The topological polar surface area (TPSA) is 75.5 Å². The predicted octanol–water partition coefficient (Wildman–Crippen LogP) is 0.741. The SMILES string of the molecule is O=C/C(=C1\NCCN1c1ccccc1)[N+](=O)[O-]. The molecule has 0 saturated carbocycles. The van der Waals surface area contributed by atoms with E-state index in [1.165, 1.54) is 0 Å². The highest BCUT2D eigenvalue weighted by atomic mass is 16.6. The lowest BCUT2D eigenvalue weighted by Gasteiger charge is -2.17. The van der Waals surface area contributed by atoms with Crippen LogP contribution in [0, 0.1) is 10.1 Å². The van der Waals surface area contributed by atoms with Gasteiger partial charge in [-0.2, -0.15) is 0 Å². The molecule has 6 heteroatoms. The quantitative estimate of drug-likeness (QED) is 0.360. The molecule has 0 radical (unpaired) electrons. The minimum atomic E-state index is -0.670. The fourth-order valence-electron chi connectivity index (χ4n) is 1.77. The maximum absolute atomic E-state index is 10.7. The van der Waals surface area contributed by atoms with Crippen LogP contribution >= 0.6 is 0 Å². The Labute approximate surface area is 97.7 Å². The zero-order chi connectivity index (χ0) is 12.3. The summed E-state index contributed by atoms with van der Waals surface area (Å²) >= 11 is 0. The lowest BCUT2D eigenvalue weighted by molar-refractivity contribution is -0.418. The van der Waals surface area contributed by atoms with Gasteiger partial charge in [-0.1, -0.05) is 18.2 Å². The summed E-state index contributed by atoms with van der Waals surface area (Å²) in [4.78, 5) is 22.5. The molecule has 0 atom stereocenters. The molecule has 1 aliphatic heterocycles. The third-order valence-corrected chi connectivity index (χ3v) is 2.52. The summed E-state index contributed by atoms with van der Waals surface area (Å²) in [7, 11) is 0. The third kappa shape index (κ3) is 2.10. The molecule has 1 N–H and O–H groups in total. The van der Waals surface area contributed by atoms with Crippen LogP contribution < -0.4 is 10.2 Å². The van der Waals surface area contributed by atoms with E-state index < -0.39 is 10.6 Å². The van der Waals surface area contributed by atoms with Gasteiger partial charge in [0.05, 0.1) is 4.92 Å². The van der Waals surface area contributed by atoms with Crippen molar-refractivity contribution in [2.75, 3.05) is 18.0 Å².